The molecule has 0 fully saturated rings. The van der Waals surface area contributed by atoms with Gasteiger partial charge in [0.05, 0.1) is 11.3 Å². The van der Waals surface area contributed by atoms with E-state index < -0.39 is 17.5 Å². The van der Waals surface area contributed by atoms with Gasteiger partial charge in [-0.05, 0) is 61.9 Å². The van der Waals surface area contributed by atoms with Crippen molar-refractivity contribution in [3.05, 3.63) is 40.6 Å². The van der Waals surface area contributed by atoms with E-state index in [1.54, 1.807) is 0 Å². The second-order valence-electron chi connectivity index (χ2n) is 5.53. The number of rotatable bonds is 1. The molecule has 0 bridgehead atoms. The lowest BCUT2D eigenvalue weighted by Gasteiger charge is -2.20. The topological polar surface area (TPSA) is 46.0 Å². The van der Waals surface area contributed by atoms with Crippen LogP contribution in [0.15, 0.2) is 18.2 Å². The van der Waals surface area contributed by atoms with Crippen LogP contribution in [0.3, 0.4) is 0 Å². The Hall–Kier alpha value is -2.11. The second-order valence-corrected chi connectivity index (χ2v) is 5.53. The van der Waals surface area contributed by atoms with Crippen LogP contribution in [0.2, 0.25) is 0 Å². The van der Waals surface area contributed by atoms with E-state index in [4.69, 9.17) is 0 Å². The monoisotopic (exact) mass is 308 g/mol. The summed E-state index contributed by atoms with van der Waals surface area (Å²) >= 11 is 0. The van der Waals surface area contributed by atoms with Crippen LogP contribution in [0.1, 0.15) is 35.2 Å². The Balaban J connectivity index is 2.13. The Morgan fingerprint density at radius 1 is 1.05 bits per heavy atom. The van der Waals surface area contributed by atoms with Crippen molar-refractivity contribution in [1.29, 1.82) is 0 Å². The molecule has 0 saturated heterocycles. The zero-order valence-corrected chi connectivity index (χ0v) is 12.0. The van der Waals surface area contributed by atoms with Gasteiger partial charge in [0.1, 0.15) is 11.4 Å². The molecule has 2 aromatic rings. The summed E-state index contributed by atoms with van der Waals surface area (Å²) in [5.41, 5.74) is 2.88. The molecule has 3 rings (SSSR count). The highest BCUT2D eigenvalue weighted by Crippen LogP contribution is 2.38. The summed E-state index contributed by atoms with van der Waals surface area (Å²) < 4.78 is 38.1. The van der Waals surface area contributed by atoms with Crippen LogP contribution in [0, 0.1) is 6.92 Å². The fourth-order valence-electron chi connectivity index (χ4n) is 2.94. The minimum Gasteiger partial charge on any atom is -0.507 e. The average molecular weight is 308 g/mol. The molecule has 0 saturated carbocycles. The predicted octanol–water partition coefficient (Wildman–Crippen LogP) is 4.06. The molecule has 116 valence electrons. The third-order valence-electron chi connectivity index (χ3n) is 4.07. The summed E-state index contributed by atoms with van der Waals surface area (Å²) in [4.78, 5) is 0. The Labute approximate surface area is 125 Å². The molecule has 1 aromatic heterocycles. The lowest BCUT2D eigenvalue weighted by Crippen LogP contribution is -2.11. The summed E-state index contributed by atoms with van der Waals surface area (Å²) in [7, 11) is 0. The van der Waals surface area contributed by atoms with E-state index in [0.29, 0.717) is 11.3 Å². The van der Waals surface area contributed by atoms with Gasteiger partial charge in [0.25, 0.3) is 0 Å². The molecule has 0 radical (unpaired) electrons. The maximum absolute atomic E-state index is 12.7. The zero-order valence-electron chi connectivity index (χ0n) is 12.0. The smallest absolute Gasteiger partial charge is 0.416 e. The van der Waals surface area contributed by atoms with Crippen LogP contribution in [0.25, 0.3) is 11.3 Å². The predicted molar refractivity (Wildman–Crippen MR) is 75.5 cm³/mol. The Kier molecular flexibility index (Phi) is 3.54. The first-order valence-electron chi connectivity index (χ1n) is 7.13. The van der Waals surface area contributed by atoms with Crippen molar-refractivity contribution in [2.45, 2.75) is 38.8 Å². The second kappa shape index (κ2) is 5.26. The molecule has 0 amide bonds. The molecule has 1 N–H and O–H groups in total. The Morgan fingerprint density at radius 3 is 2.36 bits per heavy atom. The molecule has 1 aromatic carbocycles. The number of phenolic OH excluding ortho intramolecular Hbond substituents is 1. The molecule has 0 aliphatic heterocycles. The van der Waals surface area contributed by atoms with Gasteiger partial charge in [-0.3, -0.25) is 0 Å². The molecule has 0 unspecified atom stereocenters. The summed E-state index contributed by atoms with van der Waals surface area (Å²) in [6.07, 6.45) is -0.703. The van der Waals surface area contributed by atoms with Gasteiger partial charge in [-0.15, -0.1) is 5.10 Å². The number of nitrogens with zero attached hydrogens (tertiary/aromatic N) is 2. The molecular formula is C16H15F3N2O. The quantitative estimate of drug-likeness (QED) is 0.864. The van der Waals surface area contributed by atoms with Crippen molar-refractivity contribution in [2.24, 2.45) is 0 Å². The lowest BCUT2D eigenvalue weighted by molar-refractivity contribution is -0.137. The van der Waals surface area contributed by atoms with Gasteiger partial charge in [-0.1, -0.05) is 0 Å². The Morgan fingerprint density at radius 2 is 1.73 bits per heavy atom. The number of aromatic hydroxyl groups is 1. The van der Waals surface area contributed by atoms with Crippen LogP contribution >= 0.6 is 0 Å². The Bertz CT molecular complexity index is 726. The summed E-state index contributed by atoms with van der Waals surface area (Å²) in [6, 6.07) is 2.98. The van der Waals surface area contributed by atoms with Gasteiger partial charge >= 0.3 is 6.18 Å². The first-order valence-corrected chi connectivity index (χ1v) is 7.13. The number of benzene rings is 1. The van der Waals surface area contributed by atoms with E-state index >= 15 is 0 Å². The molecule has 1 heterocycles. The van der Waals surface area contributed by atoms with Crippen LogP contribution in [0.5, 0.6) is 5.75 Å². The van der Waals surface area contributed by atoms with Crippen LogP contribution in [-0.4, -0.2) is 15.3 Å². The molecule has 6 heteroatoms. The highest BCUT2D eigenvalue weighted by molar-refractivity contribution is 5.71. The third kappa shape index (κ3) is 2.53. The van der Waals surface area contributed by atoms with E-state index in [-0.39, 0.29) is 0 Å². The molecule has 0 atom stereocenters. The molecular weight excluding hydrogens is 293 g/mol. The molecule has 1 aliphatic carbocycles. The number of hydrogen-bond donors (Lipinski definition) is 1. The molecule has 0 spiro atoms. The number of aromatic nitrogens is 2. The average Bonchev–Trinajstić information content (AvgIpc) is 2.47. The van der Waals surface area contributed by atoms with Crippen molar-refractivity contribution in [1.82, 2.24) is 10.2 Å². The van der Waals surface area contributed by atoms with E-state index in [9.17, 15) is 18.3 Å². The van der Waals surface area contributed by atoms with Crippen LogP contribution in [-0.2, 0) is 19.0 Å². The number of hydrogen-bond acceptors (Lipinski definition) is 3. The minimum atomic E-state index is -4.48. The van der Waals surface area contributed by atoms with Gasteiger partial charge in [0, 0.05) is 5.56 Å². The van der Waals surface area contributed by atoms with Crippen LogP contribution in [0.4, 0.5) is 13.2 Å². The molecule has 3 nitrogen and oxygen atoms in total. The van der Waals surface area contributed by atoms with Crippen LogP contribution < -0.4 is 0 Å². The van der Waals surface area contributed by atoms with Crippen molar-refractivity contribution in [2.75, 3.05) is 0 Å². The number of aryl methyl sites for hydroxylation is 1. The third-order valence-corrected chi connectivity index (χ3v) is 4.07. The SMILES string of the molecule is Cc1nnc(-c2ccc(C(F)(F)F)cc2O)c2c1CCCC2. The first-order chi connectivity index (χ1) is 10.4. The fraction of sp³-hybridized carbons (Fsp3) is 0.375. The standard InChI is InChI=1S/C16H15F3N2O/c1-9-11-4-2-3-5-12(11)15(21-20-9)13-7-6-10(8-14(13)22)16(17,18)19/h6-8,22H,2-5H2,1H3. The molecule has 1 aliphatic rings. The highest BCUT2D eigenvalue weighted by Gasteiger charge is 2.31. The first kappa shape index (κ1) is 14.8. The molecule has 22 heavy (non-hydrogen) atoms. The number of halogens is 3. The summed E-state index contributed by atoms with van der Waals surface area (Å²) in [5.74, 6) is -0.416. The maximum atomic E-state index is 12.7. The van der Waals surface area contributed by atoms with Crippen molar-refractivity contribution in [3.8, 4) is 17.0 Å². The fourth-order valence-corrected chi connectivity index (χ4v) is 2.94. The zero-order chi connectivity index (χ0) is 15.9. The largest absolute Gasteiger partial charge is 0.507 e. The summed E-state index contributed by atoms with van der Waals surface area (Å²) in [6.45, 7) is 1.88. The normalized spacial score (nSPS) is 14.7. The van der Waals surface area contributed by atoms with Gasteiger partial charge in [0.15, 0.2) is 0 Å². The number of fused-ring (bicyclic) bond motifs is 1. The van der Waals surface area contributed by atoms with E-state index in [1.807, 2.05) is 6.92 Å². The number of phenols is 1. The van der Waals surface area contributed by atoms with Gasteiger partial charge < -0.3 is 5.11 Å². The van der Waals surface area contributed by atoms with Crippen molar-refractivity contribution < 1.29 is 18.3 Å². The summed E-state index contributed by atoms with van der Waals surface area (Å²) in [5, 5.41) is 18.2. The van der Waals surface area contributed by atoms with E-state index in [1.165, 1.54) is 6.07 Å². The maximum Gasteiger partial charge on any atom is 0.416 e. The van der Waals surface area contributed by atoms with Crippen molar-refractivity contribution in [3.63, 3.8) is 0 Å². The number of alkyl halides is 3. The van der Waals surface area contributed by atoms with Gasteiger partial charge in [-0.25, -0.2) is 0 Å². The van der Waals surface area contributed by atoms with Crippen molar-refractivity contribution >= 4 is 0 Å². The highest BCUT2D eigenvalue weighted by atomic mass is 19.4. The minimum absolute atomic E-state index is 0.304. The lowest BCUT2D eigenvalue weighted by atomic mass is 9.88. The van der Waals surface area contributed by atoms with E-state index in [2.05, 4.69) is 10.2 Å². The van der Waals surface area contributed by atoms with Gasteiger partial charge in [-0.2, -0.15) is 18.3 Å². The van der Waals surface area contributed by atoms with Gasteiger partial charge in [0.2, 0.25) is 0 Å². The van der Waals surface area contributed by atoms with E-state index in [0.717, 1.165) is 54.6 Å².